The number of nitrogens with zero attached hydrogens (tertiary/aromatic N) is 1. The minimum absolute atomic E-state index is 0.0286. The highest BCUT2D eigenvalue weighted by atomic mass is 16.4. The number of imidazole rings is 1. The molecule has 2 aromatic heterocycles. The van der Waals surface area contributed by atoms with Gasteiger partial charge >= 0.3 is 5.97 Å². The number of para-hydroxylation sites is 1. The molecular formula is C46H63N13O9. The molecule has 0 saturated carbocycles. The van der Waals surface area contributed by atoms with E-state index in [-0.39, 0.29) is 44.6 Å². The van der Waals surface area contributed by atoms with Crippen molar-refractivity contribution in [2.45, 2.75) is 121 Å². The van der Waals surface area contributed by atoms with E-state index in [1.807, 2.05) is 31.2 Å². The summed E-state index contributed by atoms with van der Waals surface area (Å²) in [5, 5.41) is 39.3. The number of rotatable bonds is 27. The number of nitrogens with one attached hydrogen (secondary N) is 11. The predicted molar refractivity (Wildman–Crippen MR) is 251 cm³/mol. The fraction of sp³-hybridized carbons (Fsp3) is 0.435. The van der Waals surface area contributed by atoms with Crippen molar-refractivity contribution in [1.82, 2.24) is 57.5 Å². The number of aliphatic carboxylic acids is 1. The number of hydrogen-bond acceptors (Lipinski definition) is 10. The average molecular weight is 942 g/mol. The molecule has 14 N–H and O–H groups in total. The topological polar surface area (TPSA) is 347 Å². The van der Waals surface area contributed by atoms with Gasteiger partial charge in [-0.1, -0.05) is 68.3 Å². The first kappa shape index (κ1) is 52.8. The van der Waals surface area contributed by atoms with E-state index in [4.69, 9.17) is 11.1 Å². The van der Waals surface area contributed by atoms with E-state index in [0.29, 0.717) is 29.7 Å². The highest BCUT2D eigenvalue weighted by Gasteiger charge is 2.33. The lowest BCUT2D eigenvalue weighted by molar-refractivity contribution is -0.142. The van der Waals surface area contributed by atoms with Gasteiger partial charge in [0, 0.05) is 56.0 Å². The minimum Gasteiger partial charge on any atom is -0.480 e. The second-order valence-electron chi connectivity index (χ2n) is 16.4. The maximum Gasteiger partial charge on any atom is 0.326 e. The lowest BCUT2D eigenvalue weighted by Crippen LogP contribution is -2.60. The number of carboxylic acids is 1. The van der Waals surface area contributed by atoms with E-state index in [9.17, 15) is 43.5 Å². The molecule has 0 bridgehead atoms. The van der Waals surface area contributed by atoms with Gasteiger partial charge in [0.05, 0.1) is 12.0 Å². The maximum absolute atomic E-state index is 14.3. The smallest absolute Gasteiger partial charge is 0.326 e. The summed E-state index contributed by atoms with van der Waals surface area (Å²) in [4.78, 5) is 117. The molecule has 0 aliphatic carbocycles. The molecule has 2 heterocycles. The lowest BCUT2D eigenvalue weighted by atomic mass is 10.0. The lowest BCUT2D eigenvalue weighted by Gasteiger charge is -2.27. The summed E-state index contributed by atoms with van der Waals surface area (Å²) in [5.41, 5.74) is 7.92. The van der Waals surface area contributed by atoms with Crippen LogP contribution in [0, 0.1) is 5.41 Å². The van der Waals surface area contributed by atoms with Crippen LogP contribution in [-0.4, -0.2) is 122 Å². The second kappa shape index (κ2) is 26.4. The van der Waals surface area contributed by atoms with Crippen LogP contribution >= 0.6 is 0 Å². The first-order valence-electron chi connectivity index (χ1n) is 22.4. The summed E-state index contributed by atoms with van der Waals surface area (Å²) in [6, 6.07) is 7.35. The number of H-pyrrole nitrogens is 2. The van der Waals surface area contributed by atoms with Gasteiger partial charge in [-0.15, -0.1) is 0 Å². The van der Waals surface area contributed by atoms with Crippen LogP contribution in [0.1, 0.15) is 76.6 Å². The van der Waals surface area contributed by atoms with Gasteiger partial charge in [0.25, 0.3) is 0 Å². The standard InChI is InChI=1S/C46H63N13O9/c1-5-6-16-34(55-28(4)60)41(63)53-26(2)39(61)57-37(22-31-24-49-25-52-31)44(66)58-36(20-29-13-8-7-9-14-29)43(65)56-35(18-12-19-50-46(47)48)42(64)54-27(3)40(62)59-38(45(67)68)21-30-23-51-33-17-11-10-15-32(30)33/h7-11,13-15,17,23-27,34-38,51H,5-6,12,16,18-22H2,1-4H3,(H,49,52)(H,53,63)(H,54,64)(H,55,60)(H,56,65)(H,57,61)(H,58,66)(H,59,62)(H,67,68)(H4,47,48,50)/t26-,27-,34-,35-,36+,37-,38-/m0/s1. The molecule has 22 heteroatoms. The van der Waals surface area contributed by atoms with Gasteiger partial charge in [-0.05, 0) is 50.3 Å². The molecule has 7 atom stereocenters. The number of aromatic nitrogens is 3. The van der Waals surface area contributed by atoms with Crippen LogP contribution in [0.2, 0.25) is 0 Å². The van der Waals surface area contributed by atoms with Crippen LogP contribution < -0.4 is 48.3 Å². The number of carbonyl (C=O) groups is 8. The quantitative estimate of drug-likeness (QED) is 0.0212. The van der Waals surface area contributed by atoms with Crippen molar-refractivity contribution in [3.05, 3.63) is 90.1 Å². The number of amides is 7. The van der Waals surface area contributed by atoms with Crippen molar-refractivity contribution in [2.75, 3.05) is 6.54 Å². The third kappa shape index (κ3) is 16.9. The zero-order valence-electron chi connectivity index (χ0n) is 38.6. The third-order valence-corrected chi connectivity index (χ3v) is 10.9. The van der Waals surface area contributed by atoms with Crippen molar-refractivity contribution >= 4 is 64.2 Å². The van der Waals surface area contributed by atoms with Crippen molar-refractivity contribution in [2.24, 2.45) is 5.73 Å². The summed E-state index contributed by atoms with van der Waals surface area (Å²) in [5.74, 6) is -6.55. The Morgan fingerprint density at radius 3 is 1.79 bits per heavy atom. The number of hydrogen-bond donors (Lipinski definition) is 13. The van der Waals surface area contributed by atoms with Crippen molar-refractivity contribution in [3.8, 4) is 0 Å². The molecule has 68 heavy (non-hydrogen) atoms. The van der Waals surface area contributed by atoms with E-state index in [1.54, 1.807) is 36.5 Å². The number of guanidine groups is 1. The first-order chi connectivity index (χ1) is 32.4. The number of aromatic amines is 2. The van der Waals surface area contributed by atoms with Gasteiger partial charge in [-0.3, -0.25) is 39.0 Å². The molecule has 7 amide bonds. The van der Waals surface area contributed by atoms with Gasteiger partial charge in [0.15, 0.2) is 5.96 Å². The highest BCUT2D eigenvalue weighted by molar-refractivity contribution is 5.97. The molecule has 4 aromatic rings. The van der Waals surface area contributed by atoms with Crippen LogP contribution in [0.15, 0.2) is 73.3 Å². The van der Waals surface area contributed by atoms with Gasteiger partial charge < -0.3 is 63.3 Å². The zero-order chi connectivity index (χ0) is 49.8. The number of carboxylic acid groups (broad SMARTS) is 1. The van der Waals surface area contributed by atoms with E-state index in [0.717, 1.165) is 17.3 Å². The number of unbranched alkanes of at least 4 members (excludes halogenated alkanes) is 1. The molecule has 22 nitrogen and oxygen atoms in total. The summed E-state index contributed by atoms with van der Waals surface area (Å²) < 4.78 is 0. The molecule has 366 valence electrons. The molecule has 0 unspecified atom stereocenters. The first-order valence-corrected chi connectivity index (χ1v) is 22.4. The Hall–Kier alpha value is -7.78. The highest BCUT2D eigenvalue weighted by Crippen LogP contribution is 2.19. The number of carbonyl (C=O) groups excluding carboxylic acids is 7. The van der Waals surface area contributed by atoms with Gasteiger partial charge in [0.1, 0.15) is 42.3 Å². The molecule has 2 aromatic carbocycles. The van der Waals surface area contributed by atoms with Crippen LogP contribution in [0.5, 0.6) is 0 Å². The Bertz CT molecular complexity index is 2360. The summed E-state index contributed by atoms with van der Waals surface area (Å²) in [7, 11) is 0. The molecule has 0 saturated heterocycles. The monoisotopic (exact) mass is 941 g/mol. The minimum atomic E-state index is -1.35. The van der Waals surface area contributed by atoms with E-state index >= 15 is 0 Å². The number of fused-ring (bicyclic) bond motifs is 1. The zero-order valence-corrected chi connectivity index (χ0v) is 38.6. The Morgan fingerprint density at radius 1 is 0.662 bits per heavy atom. The summed E-state index contributed by atoms with van der Waals surface area (Å²) in [6.07, 6.45) is 6.25. The van der Waals surface area contributed by atoms with Crippen molar-refractivity contribution in [3.63, 3.8) is 0 Å². The predicted octanol–water partition coefficient (Wildman–Crippen LogP) is -0.0897. The summed E-state index contributed by atoms with van der Waals surface area (Å²) >= 11 is 0. The van der Waals surface area contributed by atoms with Crippen molar-refractivity contribution in [1.29, 1.82) is 5.41 Å². The Morgan fingerprint density at radius 2 is 1.21 bits per heavy atom. The Kier molecular flexibility index (Phi) is 20.5. The van der Waals surface area contributed by atoms with Crippen LogP contribution in [0.25, 0.3) is 10.9 Å². The fourth-order valence-electron chi connectivity index (χ4n) is 7.22. The van der Waals surface area contributed by atoms with Crippen LogP contribution in [0.3, 0.4) is 0 Å². The Balaban J connectivity index is 1.52. The largest absolute Gasteiger partial charge is 0.480 e. The van der Waals surface area contributed by atoms with Gasteiger partial charge in [-0.2, -0.15) is 0 Å². The molecule has 0 spiro atoms. The molecule has 0 fully saturated rings. The number of benzene rings is 2. The summed E-state index contributed by atoms with van der Waals surface area (Å²) in [6.45, 7) is 6.14. The van der Waals surface area contributed by atoms with Crippen LogP contribution in [0.4, 0.5) is 0 Å². The molecule has 0 radical (unpaired) electrons. The molecular weight excluding hydrogens is 879 g/mol. The fourth-order valence-corrected chi connectivity index (χ4v) is 7.22. The molecule has 4 rings (SSSR count). The second-order valence-corrected chi connectivity index (χ2v) is 16.4. The normalized spacial score (nSPS) is 14.1. The Labute approximate surface area is 393 Å². The van der Waals surface area contributed by atoms with Crippen LogP contribution in [-0.2, 0) is 57.6 Å². The molecule has 0 aliphatic rings. The maximum atomic E-state index is 14.3. The number of nitrogens with two attached hydrogens (primary N) is 1. The van der Waals surface area contributed by atoms with E-state index in [1.165, 1.54) is 33.3 Å². The van der Waals surface area contributed by atoms with E-state index < -0.39 is 89.6 Å². The SMILES string of the molecule is CCCC[C@H](NC(C)=O)C(=O)N[C@@H](C)C(=O)N[C@@H](Cc1c[nH]cn1)C(=O)N[C@H](Cc1ccccc1)C(=O)N[C@@H](CCCNC(=N)N)C(=O)N[C@@H](C)C(=O)N[C@@H](Cc1c[nH]c2ccccc12)C(=O)O. The molecule has 0 aliphatic heterocycles. The van der Waals surface area contributed by atoms with Crippen molar-refractivity contribution < 1.29 is 43.5 Å². The van der Waals surface area contributed by atoms with E-state index in [2.05, 4.69) is 57.5 Å². The third-order valence-electron chi connectivity index (χ3n) is 10.9. The average Bonchev–Trinajstić information content (AvgIpc) is 3.98. The van der Waals surface area contributed by atoms with Gasteiger partial charge in [-0.25, -0.2) is 9.78 Å². The van der Waals surface area contributed by atoms with Gasteiger partial charge in [0.2, 0.25) is 41.4 Å².